The van der Waals surface area contributed by atoms with Crippen LogP contribution in [-0.2, 0) is 11.3 Å². The number of benzene rings is 2. The molecule has 0 aliphatic rings. The van der Waals surface area contributed by atoms with Crippen LogP contribution in [0.5, 0.6) is 5.75 Å². The second-order valence-electron chi connectivity index (χ2n) is 6.91. The summed E-state index contributed by atoms with van der Waals surface area (Å²) < 4.78 is 18.9. The van der Waals surface area contributed by atoms with Gasteiger partial charge in [-0.15, -0.1) is 0 Å². The summed E-state index contributed by atoms with van der Waals surface area (Å²) in [5.74, 6) is -0.750. The van der Waals surface area contributed by atoms with Gasteiger partial charge in [-0.1, -0.05) is 12.1 Å². The van der Waals surface area contributed by atoms with Crippen molar-refractivity contribution in [3.05, 3.63) is 77.9 Å². The minimum atomic E-state index is -1.05. The number of aliphatic carboxylic acids is 1. The highest BCUT2D eigenvalue weighted by molar-refractivity contribution is 5.75. The van der Waals surface area contributed by atoms with Gasteiger partial charge in [0.05, 0.1) is 18.7 Å². The molecule has 166 valence electrons. The van der Waals surface area contributed by atoms with Crippen molar-refractivity contribution in [2.75, 3.05) is 11.9 Å². The van der Waals surface area contributed by atoms with Crippen molar-refractivity contribution in [2.45, 2.75) is 19.1 Å². The van der Waals surface area contributed by atoms with E-state index in [1.807, 2.05) is 24.3 Å². The van der Waals surface area contributed by atoms with Gasteiger partial charge in [-0.3, -0.25) is 4.79 Å². The number of carboxylic acids is 1. The van der Waals surface area contributed by atoms with Gasteiger partial charge in [0.25, 0.3) is 0 Å². The van der Waals surface area contributed by atoms with Crippen molar-refractivity contribution in [1.82, 2.24) is 9.97 Å². The quantitative estimate of drug-likeness (QED) is 0.342. The third kappa shape index (κ3) is 6.14. The summed E-state index contributed by atoms with van der Waals surface area (Å²) in [5.41, 5.74) is 12.8. The van der Waals surface area contributed by atoms with E-state index in [0.29, 0.717) is 23.9 Å². The van der Waals surface area contributed by atoms with Crippen molar-refractivity contribution < 1.29 is 19.0 Å². The Morgan fingerprint density at radius 3 is 2.47 bits per heavy atom. The molecule has 10 heteroatoms. The van der Waals surface area contributed by atoms with Crippen LogP contribution >= 0.6 is 0 Å². The molecule has 0 saturated heterocycles. The van der Waals surface area contributed by atoms with E-state index in [4.69, 9.17) is 16.2 Å². The Morgan fingerprint density at radius 1 is 1.16 bits per heavy atom. The van der Waals surface area contributed by atoms with E-state index in [1.165, 1.54) is 30.5 Å². The summed E-state index contributed by atoms with van der Waals surface area (Å²) in [4.78, 5) is 25.9. The minimum Gasteiger partial charge on any atom is -0.484 e. The van der Waals surface area contributed by atoms with Crippen LogP contribution in [0.3, 0.4) is 0 Å². The lowest BCUT2D eigenvalue weighted by Gasteiger charge is -2.21. The van der Waals surface area contributed by atoms with Crippen LogP contribution in [0.25, 0.3) is 0 Å². The maximum absolute atomic E-state index is 13.2. The molecule has 3 aromatic rings. The summed E-state index contributed by atoms with van der Waals surface area (Å²) in [7, 11) is 1.79. The molecule has 1 heterocycles. The first-order chi connectivity index (χ1) is 15.3. The van der Waals surface area contributed by atoms with Gasteiger partial charge in [0.15, 0.2) is 12.1 Å². The summed E-state index contributed by atoms with van der Waals surface area (Å²) in [6.45, 7) is 0.371. The van der Waals surface area contributed by atoms with Crippen LogP contribution in [0.2, 0.25) is 0 Å². The lowest BCUT2D eigenvalue weighted by atomic mass is 10.1. The molecule has 9 nitrogen and oxygen atoms in total. The van der Waals surface area contributed by atoms with E-state index >= 15 is 0 Å². The zero-order valence-corrected chi connectivity index (χ0v) is 17.4. The molecule has 0 aliphatic carbocycles. The topological polar surface area (TPSA) is 140 Å². The summed E-state index contributed by atoms with van der Waals surface area (Å²) >= 11 is 0. The average molecular weight is 438 g/mol. The van der Waals surface area contributed by atoms with E-state index in [1.54, 1.807) is 18.0 Å². The van der Waals surface area contributed by atoms with E-state index < -0.39 is 17.9 Å². The van der Waals surface area contributed by atoms with Crippen LogP contribution in [0.4, 0.5) is 16.0 Å². The Kier molecular flexibility index (Phi) is 7.17. The first-order valence-corrected chi connectivity index (χ1v) is 9.67. The third-order valence-corrected chi connectivity index (χ3v) is 4.51. The maximum atomic E-state index is 13.2. The van der Waals surface area contributed by atoms with Gasteiger partial charge in [0.1, 0.15) is 11.6 Å². The zero-order valence-electron chi connectivity index (χ0n) is 17.4. The Morgan fingerprint density at radius 2 is 1.84 bits per heavy atom. The molecule has 0 fully saturated rings. The number of nitrogens with zero attached hydrogens (tertiary/aromatic N) is 4. The van der Waals surface area contributed by atoms with E-state index in [-0.39, 0.29) is 12.4 Å². The molecule has 1 atom stereocenters. The molecular weight excluding hydrogens is 415 g/mol. The Balaban J connectivity index is 1.81. The highest BCUT2D eigenvalue weighted by Crippen LogP contribution is 2.26. The van der Waals surface area contributed by atoms with Gasteiger partial charge in [-0.25, -0.2) is 19.4 Å². The van der Waals surface area contributed by atoms with Gasteiger partial charge < -0.3 is 26.2 Å². The molecule has 0 aliphatic heterocycles. The molecule has 1 aromatic heterocycles. The van der Waals surface area contributed by atoms with Crippen LogP contribution in [0, 0.1) is 5.82 Å². The van der Waals surface area contributed by atoms with E-state index in [2.05, 4.69) is 15.0 Å². The number of anilines is 2. The number of rotatable bonds is 9. The minimum absolute atomic E-state index is 0.0233. The highest BCUT2D eigenvalue weighted by Gasteiger charge is 2.21. The van der Waals surface area contributed by atoms with Crippen LogP contribution in [0.15, 0.2) is 65.8 Å². The second kappa shape index (κ2) is 10.2. The van der Waals surface area contributed by atoms with Crippen molar-refractivity contribution in [3.63, 3.8) is 0 Å². The summed E-state index contributed by atoms with van der Waals surface area (Å²) in [5, 5.41) is 9.31. The molecule has 0 saturated carbocycles. The first-order valence-electron chi connectivity index (χ1n) is 9.67. The molecular formula is C22H23FN6O3. The highest BCUT2D eigenvalue weighted by atomic mass is 19.1. The maximum Gasteiger partial charge on any atom is 0.307 e. The number of nitrogens with two attached hydrogens (primary N) is 2. The van der Waals surface area contributed by atoms with E-state index in [9.17, 15) is 14.3 Å². The zero-order chi connectivity index (χ0) is 23.1. The SMILES string of the molecule is CN(c1ccc(CN=C(N)N)cc1)c1nccc(C(CC(=O)O)Oc2ccc(F)cc2)n1. The van der Waals surface area contributed by atoms with Crippen molar-refractivity contribution in [3.8, 4) is 5.75 Å². The van der Waals surface area contributed by atoms with Crippen molar-refractivity contribution >= 4 is 23.6 Å². The largest absolute Gasteiger partial charge is 0.484 e. The molecule has 0 amide bonds. The monoisotopic (exact) mass is 438 g/mol. The van der Waals surface area contributed by atoms with Crippen LogP contribution in [-0.4, -0.2) is 34.1 Å². The predicted octanol–water partition coefficient (Wildman–Crippen LogP) is 2.75. The molecule has 0 spiro atoms. The number of aliphatic imine (C=N–C) groups is 1. The molecule has 2 aromatic carbocycles. The lowest BCUT2D eigenvalue weighted by molar-refractivity contribution is -0.139. The van der Waals surface area contributed by atoms with Crippen molar-refractivity contribution in [1.29, 1.82) is 0 Å². The Labute approximate surface area is 184 Å². The van der Waals surface area contributed by atoms with Crippen LogP contribution in [0.1, 0.15) is 23.8 Å². The van der Waals surface area contributed by atoms with Gasteiger partial charge >= 0.3 is 5.97 Å². The number of ether oxygens (including phenoxy) is 1. The van der Waals surface area contributed by atoms with Gasteiger partial charge in [-0.05, 0) is 48.0 Å². The van der Waals surface area contributed by atoms with Gasteiger partial charge in [0, 0.05) is 18.9 Å². The van der Waals surface area contributed by atoms with Gasteiger partial charge in [0.2, 0.25) is 5.95 Å². The fourth-order valence-electron chi connectivity index (χ4n) is 2.87. The second-order valence-corrected chi connectivity index (χ2v) is 6.91. The fourth-order valence-corrected chi connectivity index (χ4v) is 2.87. The molecule has 1 unspecified atom stereocenters. The number of hydrogen-bond donors (Lipinski definition) is 3. The molecule has 5 N–H and O–H groups in total. The summed E-state index contributed by atoms with van der Waals surface area (Å²) in [6.07, 6.45) is 0.330. The number of halogens is 1. The normalized spacial score (nSPS) is 11.4. The lowest BCUT2D eigenvalue weighted by Crippen LogP contribution is -2.22. The van der Waals surface area contributed by atoms with Crippen LogP contribution < -0.4 is 21.1 Å². The molecule has 0 bridgehead atoms. The van der Waals surface area contributed by atoms with Gasteiger partial charge in [-0.2, -0.15) is 0 Å². The Hall–Kier alpha value is -4.21. The summed E-state index contributed by atoms with van der Waals surface area (Å²) in [6, 6.07) is 14.4. The molecule has 0 radical (unpaired) electrons. The number of carboxylic acid groups (broad SMARTS) is 1. The number of hydrogen-bond acceptors (Lipinski definition) is 6. The van der Waals surface area contributed by atoms with E-state index in [0.717, 1.165) is 11.3 Å². The number of guanidine groups is 1. The predicted molar refractivity (Wildman–Crippen MR) is 118 cm³/mol. The standard InChI is InChI=1S/C22H23FN6O3/c1-29(16-6-2-14(3-7-16)13-27-21(24)25)22-26-11-10-18(28-22)19(12-20(30)31)32-17-8-4-15(23)5-9-17/h2-11,19H,12-13H2,1H3,(H,30,31)(H4,24,25,27). The average Bonchev–Trinajstić information content (AvgIpc) is 2.78. The van der Waals surface area contributed by atoms with Crippen molar-refractivity contribution in [2.24, 2.45) is 16.5 Å². The molecule has 32 heavy (non-hydrogen) atoms. The third-order valence-electron chi connectivity index (χ3n) is 4.51. The number of aromatic nitrogens is 2. The molecule has 3 rings (SSSR count). The Bertz CT molecular complexity index is 1090. The fraction of sp³-hybridized carbons (Fsp3) is 0.182. The number of carbonyl (C=O) groups is 1. The first kappa shape index (κ1) is 22.5. The smallest absolute Gasteiger partial charge is 0.307 e.